The monoisotopic (exact) mass is 441 g/mol. The van der Waals surface area contributed by atoms with Gasteiger partial charge in [0, 0.05) is 22.8 Å². The molecule has 0 bridgehead atoms. The zero-order chi connectivity index (χ0) is 21.1. The minimum absolute atomic E-state index is 0.148. The zero-order valence-corrected chi connectivity index (χ0v) is 17.8. The highest BCUT2D eigenvalue weighted by Crippen LogP contribution is 2.35. The van der Waals surface area contributed by atoms with E-state index in [4.69, 9.17) is 23.2 Å². The molecule has 1 aliphatic rings. The van der Waals surface area contributed by atoms with Gasteiger partial charge in [-0.25, -0.2) is 14.8 Å². The molecule has 0 unspecified atom stereocenters. The summed E-state index contributed by atoms with van der Waals surface area (Å²) < 4.78 is 0. The van der Waals surface area contributed by atoms with Crippen LogP contribution < -0.4 is 4.90 Å². The molecule has 1 aromatic heterocycles. The maximum absolute atomic E-state index is 11.7. The SMILES string of the molecule is O=C(O)c1cnc(N2CCC[C@H]2c2ccc(Cl)cc2)nc1CCc1ccc(Cl)cc1. The average Bonchev–Trinajstić information content (AvgIpc) is 3.23. The molecule has 0 spiro atoms. The third-order valence-electron chi connectivity index (χ3n) is 5.41. The van der Waals surface area contributed by atoms with Gasteiger partial charge in [-0.3, -0.25) is 0 Å². The summed E-state index contributed by atoms with van der Waals surface area (Å²) in [5.74, 6) is -0.438. The van der Waals surface area contributed by atoms with Crippen LogP contribution in [0.2, 0.25) is 10.0 Å². The second-order valence-electron chi connectivity index (χ2n) is 7.36. The number of carbonyl (C=O) groups is 1. The Morgan fingerprint density at radius 1 is 1.03 bits per heavy atom. The van der Waals surface area contributed by atoms with Crippen molar-refractivity contribution in [3.8, 4) is 0 Å². The minimum atomic E-state index is -1.01. The summed E-state index contributed by atoms with van der Waals surface area (Å²) in [7, 11) is 0. The Bertz CT molecular complexity index is 1040. The third-order valence-corrected chi connectivity index (χ3v) is 5.92. The molecule has 1 saturated heterocycles. The summed E-state index contributed by atoms with van der Waals surface area (Å²) in [5, 5.41) is 11.0. The second kappa shape index (κ2) is 9.02. The standard InChI is InChI=1S/C23H21Cl2N3O2/c24-17-8-3-15(4-9-17)5-12-20-19(22(29)30)14-26-23(27-20)28-13-1-2-21(28)16-6-10-18(25)11-7-16/h3-4,6-11,14,21H,1-2,5,12-13H2,(H,29,30)/t21-/m0/s1. The predicted molar refractivity (Wildman–Crippen MR) is 119 cm³/mol. The van der Waals surface area contributed by atoms with Gasteiger partial charge in [0.1, 0.15) is 0 Å². The molecule has 2 aromatic carbocycles. The number of nitrogens with zero attached hydrogens (tertiary/aromatic N) is 3. The molecule has 7 heteroatoms. The van der Waals surface area contributed by atoms with Crippen molar-refractivity contribution < 1.29 is 9.90 Å². The Morgan fingerprint density at radius 2 is 1.70 bits per heavy atom. The summed E-state index contributed by atoms with van der Waals surface area (Å²) in [6, 6.07) is 15.5. The van der Waals surface area contributed by atoms with E-state index in [1.54, 1.807) is 0 Å². The van der Waals surface area contributed by atoms with Crippen LogP contribution in [0.1, 0.15) is 46.1 Å². The van der Waals surface area contributed by atoms with Crippen molar-refractivity contribution in [3.63, 3.8) is 0 Å². The van der Waals surface area contributed by atoms with Gasteiger partial charge >= 0.3 is 5.97 Å². The van der Waals surface area contributed by atoms with Gasteiger partial charge in [0.25, 0.3) is 0 Å². The van der Waals surface area contributed by atoms with Gasteiger partial charge in [-0.15, -0.1) is 0 Å². The fraction of sp³-hybridized carbons (Fsp3) is 0.261. The molecular weight excluding hydrogens is 421 g/mol. The molecule has 2 heterocycles. The summed E-state index contributed by atoms with van der Waals surface area (Å²) in [5.41, 5.74) is 2.93. The number of halogens is 2. The quantitative estimate of drug-likeness (QED) is 0.538. The van der Waals surface area contributed by atoms with E-state index >= 15 is 0 Å². The van der Waals surface area contributed by atoms with Crippen molar-refractivity contribution in [2.24, 2.45) is 0 Å². The van der Waals surface area contributed by atoms with Gasteiger partial charge in [-0.2, -0.15) is 0 Å². The topological polar surface area (TPSA) is 66.3 Å². The first-order valence-electron chi connectivity index (χ1n) is 9.87. The van der Waals surface area contributed by atoms with Crippen molar-refractivity contribution in [1.29, 1.82) is 0 Å². The van der Waals surface area contributed by atoms with E-state index < -0.39 is 5.97 Å². The molecule has 3 aromatic rings. The van der Waals surface area contributed by atoms with Crippen molar-refractivity contribution in [1.82, 2.24) is 9.97 Å². The van der Waals surface area contributed by atoms with Gasteiger partial charge in [0.05, 0.1) is 17.3 Å². The van der Waals surface area contributed by atoms with E-state index in [0.29, 0.717) is 34.5 Å². The van der Waals surface area contributed by atoms with E-state index in [1.165, 1.54) is 6.20 Å². The number of rotatable bonds is 6. The number of hydrogen-bond donors (Lipinski definition) is 1. The van der Waals surface area contributed by atoms with Crippen LogP contribution in [-0.2, 0) is 12.8 Å². The first kappa shape index (κ1) is 20.6. The molecule has 1 atom stereocenters. The number of aromatic nitrogens is 2. The summed E-state index contributed by atoms with van der Waals surface area (Å²) >= 11 is 12.0. The van der Waals surface area contributed by atoms with Gasteiger partial charge in [-0.05, 0) is 61.1 Å². The fourth-order valence-electron chi connectivity index (χ4n) is 3.87. The molecule has 0 saturated carbocycles. The number of aromatic carboxylic acids is 1. The summed E-state index contributed by atoms with van der Waals surface area (Å²) in [6.07, 6.45) is 4.63. The number of aryl methyl sites for hydroxylation is 2. The van der Waals surface area contributed by atoms with E-state index in [-0.39, 0.29) is 11.6 Å². The lowest BCUT2D eigenvalue weighted by Gasteiger charge is -2.25. The Kier molecular flexibility index (Phi) is 6.21. The molecule has 0 aliphatic carbocycles. The molecule has 4 rings (SSSR count). The molecule has 1 fully saturated rings. The van der Waals surface area contributed by atoms with E-state index in [0.717, 1.165) is 30.5 Å². The maximum atomic E-state index is 11.7. The van der Waals surface area contributed by atoms with Crippen molar-refractivity contribution in [3.05, 3.63) is 87.2 Å². The Balaban J connectivity index is 1.60. The number of carboxylic acids is 1. The molecular formula is C23H21Cl2N3O2. The Hall–Kier alpha value is -2.63. The second-order valence-corrected chi connectivity index (χ2v) is 8.24. The lowest BCUT2D eigenvalue weighted by molar-refractivity contribution is 0.0694. The van der Waals surface area contributed by atoms with Crippen LogP contribution in [0.3, 0.4) is 0 Å². The lowest BCUT2D eigenvalue weighted by Crippen LogP contribution is -2.25. The highest BCUT2D eigenvalue weighted by molar-refractivity contribution is 6.30. The van der Waals surface area contributed by atoms with Crippen LogP contribution in [-0.4, -0.2) is 27.6 Å². The van der Waals surface area contributed by atoms with Gasteiger partial charge in [-0.1, -0.05) is 47.5 Å². The molecule has 5 nitrogen and oxygen atoms in total. The van der Waals surface area contributed by atoms with Gasteiger partial charge in [0.15, 0.2) is 0 Å². The Labute approximate surface area is 185 Å². The maximum Gasteiger partial charge on any atom is 0.339 e. The van der Waals surface area contributed by atoms with Crippen molar-refractivity contribution in [2.45, 2.75) is 31.7 Å². The largest absolute Gasteiger partial charge is 0.478 e. The van der Waals surface area contributed by atoms with Crippen molar-refractivity contribution >= 4 is 35.1 Å². The number of anilines is 1. The van der Waals surface area contributed by atoms with E-state index in [2.05, 4.69) is 14.9 Å². The molecule has 1 aliphatic heterocycles. The minimum Gasteiger partial charge on any atom is -0.478 e. The van der Waals surface area contributed by atoms with Crippen LogP contribution in [0.15, 0.2) is 54.7 Å². The predicted octanol–water partition coefficient (Wildman–Crippen LogP) is 5.61. The first-order chi connectivity index (χ1) is 14.5. The normalized spacial score (nSPS) is 16.1. The smallest absolute Gasteiger partial charge is 0.339 e. The van der Waals surface area contributed by atoms with Crippen LogP contribution in [0, 0.1) is 0 Å². The molecule has 30 heavy (non-hydrogen) atoms. The first-order valence-corrected chi connectivity index (χ1v) is 10.6. The molecule has 154 valence electrons. The van der Waals surface area contributed by atoms with E-state index in [9.17, 15) is 9.90 Å². The van der Waals surface area contributed by atoms with Crippen molar-refractivity contribution in [2.75, 3.05) is 11.4 Å². The highest BCUT2D eigenvalue weighted by Gasteiger charge is 2.29. The van der Waals surface area contributed by atoms with Gasteiger partial charge in [0.2, 0.25) is 5.95 Å². The number of carboxylic acid groups (broad SMARTS) is 1. The number of benzene rings is 2. The number of hydrogen-bond acceptors (Lipinski definition) is 4. The summed E-state index contributed by atoms with van der Waals surface area (Å²) in [6.45, 7) is 0.830. The van der Waals surface area contributed by atoms with Crippen LogP contribution in [0.5, 0.6) is 0 Å². The molecule has 0 amide bonds. The average molecular weight is 442 g/mol. The van der Waals surface area contributed by atoms with Gasteiger partial charge < -0.3 is 10.0 Å². The Morgan fingerprint density at radius 3 is 2.37 bits per heavy atom. The summed E-state index contributed by atoms with van der Waals surface area (Å²) in [4.78, 5) is 22.9. The van der Waals surface area contributed by atoms with Crippen LogP contribution in [0.4, 0.5) is 5.95 Å². The molecule has 1 N–H and O–H groups in total. The van der Waals surface area contributed by atoms with Crippen LogP contribution in [0.25, 0.3) is 0 Å². The lowest BCUT2D eigenvalue weighted by atomic mass is 10.0. The van der Waals surface area contributed by atoms with Crippen LogP contribution >= 0.6 is 23.2 Å². The third kappa shape index (κ3) is 4.58. The molecule has 0 radical (unpaired) electrons. The fourth-order valence-corrected chi connectivity index (χ4v) is 4.12. The highest BCUT2D eigenvalue weighted by atomic mass is 35.5. The van der Waals surface area contributed by atoms with E-state index in [1.807, 2.05) is 48.5 Å². The zero-order valence-electron chi connectivity index (χ0n) is 16.3.